The van der Waals surface area contributed by atoms with Crippen molar-refractivity contribution in [2.75, 3.05) is 31.6 Å². The number of hydrogen-bond donors (Lipinski definition) is 1. The Balaban J connectivity index is 2.19. The van der Waals surface area contributed by atoms with Crippen molar-refractivity contribution in [1.82, 2.24) is 5.32 Å². The minimum absolute atomic E-state index is 0.553. The summed E-state index contributed by atoms with van der Waals surface area (Å²) in [4.78, 5) is 2.46. The third-order valence-electron chi connectivity index (χ3n) is 3.73. The van der Waals surface area contributed by atoms with E-state index in [4.69, 9.17) is 4.74 Å². The molecule has 1 N–H and O–H groups in total. The summed E-state index contributed by atoms with van der Waals surface area (Å²) >= 11 is 3.51. The van der Waals surface area contributed by atoms with Crippen LogP contribution in [-0.2, 0) is 0 Å². The topological polar surface area (TPSA) is 24.5 Å². The first-order chi connectivity index (χ1) is 9.11. The Hall–Kier alpha value is -0.740. The highest BCUT2D eigenvalue weighted by molar-refractivity contribution is 9.10. The van der Waals surface area contributed by atoms with Crippen molar-refractivity contribution in [1.29, 1.82) is 0 Å². The highest BCUT2D eigenvalue weighted by Gasteiger charge is 2.20. The van der Waals surface area contributed by atoms with E-state index in [-0.39, 0.29) is 0 Å². The molecule has 2 rings (SSSR count). The van der Waals surface area contributed by atoms with Crippen molar-refractivity contribution in [3.8, 4) is 5.75 Å². The van der Waals surface area contributed by atoms with E-state index in [2.05, 4.69) is 58.2 Å². The van der Waals surface area contributed by atoms with E-state index in [1.54, 1.807) is 7.11 Å². The minimum atomic E-state index is 0.553. The van der Waals surface area contributed by atoms with Crippen molar-refractivity contribution >= 4 is 21.6 Å². The summed E-state index contributed by atoms with van der Waals surface area (Å²) in [7, 11) is 1.71. The molecule has 1 heterocycles. The maximum atomic E-state index is 5.39. The molecule has 1 atom stereocenters. The number of hydrogen-bond acceptors (Lipinski definition) is 3. The van der Waals surface area contributed by atoms with Crippen molar-refractivity contribution in [2.45, 2.75) is 26.3 Å². The van der Waals surface area contributed by atoms with Crippen LogP contribution in [-0.4, -0.2) is 32.8 Å². The zero-order valence-electron chi connectivity index (χ0n) is 11.9. The molecule has 106 valence electrons. The summed E-state index contributed by atoms with van der Waals surface area (Å²) in [6.07, 6.45) is 1.18. The van der Waals surface area contributed by atoms with Crippen LogP contribution >= 0.6 is 15.9 Å². The summed E-state index contributed by atoms with van der Waals surface area (Å²) in [6.45, 7) is 7.82. The maximum absolute atomic E-state index is 5.39. The van der Waals surface area contributed by atoms with Gasteiger partial charge in [-0.05, 0) is 46.9 Å². The van der Waals surface area contributed by atoms with Crippen molar-refractivity contribution in [3.05, 3.63) is 22.7 Å². The van der Waals surface area contributed by atoms with Gasteiger partial charge < -0.3 is 15.0 Å². The molecule has 0 aromatic heterocycles. The molecule has 0 bridgehead atoms. The average molecular weight is 327 g/mol. The fraction of sp³-hybridized carbons (Fsp3) is 0.600. The maximum Gasteiger partial charge on any atom is 0.135 e. The van der Waals surface area contributed by atoms with Gasteiger partial charge in [-0.15, -0.1) is 0 Å². The molecule has 1 saturated heterocycles. The third-order valence-corrected chi connectivity index (χ3v) is 4.39. The smallest absolute Gasteiger partial charge is 0.135 e. The van der Waals surface area contributed by atoms with Crippen LogP contribution in [0.2, 0.25) is 0 Å². The van der Waals surface area contributed by atoms with E-state index in [1.807, 2.05) is 0 Å². The van der Waals surface area contributed by atoms with E-state index < -0.39 is 0 Å². The Labute approximate surface area is 124 Å². The van der Waals surface area contributed by atoms with E-state index in [0.29, 0.717) is 12.0 Å². The molecular formula is C15H23BrN2O. The van der Waals surface area contributed by atoms with Gasteiger partial charge in [0.05, 0.1) is 11.6 Å². The first kappa shape index (κ1) is 14.7. The molecule has 1 aromatic rings. The Kier molecular flexibility index (Phi) is 5.11. The Morgan fingerprint density at radius 2 is 2.21 bits per heavy atom. The van der Waals surface area contributed by atoms with Crippen LogP contribution in [0.5, 0.6) is 5.75 Å². The summed E-state index contributed by atoms with van der Waals surface area (Å²) in [5, 5.41) is 3.64. The second-order valence-electron chi connectivity index (χ2n) is 5.42. The molecule has 0 aliphatic carbocycles. The second kappa shape index (κ2) is 6.62. The van der Waals surface area contributed by atoms with Crippen molar-refractivity contribution in [2.24, 2.45) is 5.92 Å². The quantitative estimate of drug-likeness (QED) is 0.922. The molecule has 0 radical (unpaired) electrons. The second-order valence-corrected chi connectivity index (χ2v) is 6.28. The van der Waals surface area contributed by atoms with Crippen LogP contribution < -0.4 is 15.0 Å². The minimum Gasteiger partial charge on any atom is -0.495 e. The summed E-state index contributed by atoms with van der Waals surface area (Å²) in [5.74, 6) is 1.55. The van der Waals surface area contributed by atoms with Gasteiger partial charge in [0, 0.05) is 30.9 Å². The van der Waals surface area contributed by atoms with Gasteiger partial charge in [0.15, 0.2) is 0 Å². The monoisotopic (exact) mass is 326 g/mol. The van der Waals surface area contributed by atoms with Crippen LogP contribution in [0.25, 0.3) is 0 Å². The number of ether oxygens (including phenoxy) is 1. The van der Waals surface area contributed by atoms with E-state index in [0.717, 1.165) is 29.9 Å². The standard InChI is InChI=1S/C15H23BrN2O/c1-11(2)14-10-18(8-4-7-17-14)12-5-6-13(16)15(9-12)19-3/h5-6,9,11,14,17H,4,7-8,10H2,1-3H3. The van der Waals surface area contributed by atoms with Crippen LogP contribution in [0.1, 0.15) is 20.3 Å². The van der Waals surface area contributed by atoms with Gasteiger partial charge in [-0.3, -0.25) is 0 Å². The van der Waals surface area contributed by atoms with Gasteiger partial charge in [0.2, 0.25) is 0 Å². The lowest BCUT2D eigenvalue weighted by Gasteiger charge is -2.28. The number of benzene rings is 1. The molecule has 1 unspecified atom stereocenters. The average Bonchev–Trinajstić information content (AvgIpc) is 2.65. The fourth-order valence-corrected chi connectivity index (χ4v) is 2.89. The van der Waals surface area contributed by atoms with Crippen LogP contribution in [0.3, 0.4) is 0 Å². The van der Waals surface area contributed by atoms with Gasteiger partial charge >= 0.3 is 0 Å². The number of nitrogens with zero attached hydrogens (tertiary/aromatic N) is 1. The summed E-state index contributed by atoms with van der Waals surface area (Å²) < 4.78 is 6.40. The first-order valence-corrected chi connectivity index (χ1v) is 7.73. The predicted octanol–water partition coefficient (Wildman–Crippen LogP) is 3.28. The predicted molar refractivity (Wildman–Crippen MR) is 84.2 cm³/mol. The molecule has 1 aliphatic heterocycles. The number of anilines is 1. The SMILES string of the molecule is COc1cc(N2CCCNC(C(C)C)C2)ccc1Br. The molecule has 1 fully saturated rings. The largest absolute Gasteiger partial charge is 0.495 e. The normalized spacial score (nSPS) is 20.5. The lowest BCUT2D eigenvalue weighted by molar-refractivity contribution is 0.411. The number of rotatable bonds is 3. The van der Waals surface area contributed by atoms with E-state index in [9.17, 15) is 0 Å². The number of halogens is 1. The Morgan fingerprint density at radius 1 is 1.42 bits per heavy atom. The molecule has 0 amide bonds. The molecule has 1 aromatic carbocycles. The zero-order chi connectivity index (χ0) is 13.8. The molecule has 0 saturated carbocycles. The van der Waals surface area contributed by atoms with Gasteiger partial charge in [-0.25, -0.2) is 0 Å². The van der Waals surface area contributed by atoms with Gasteiger partial charge in [0.1, 0.15) is 5.75 Å². The molecule has 0 spiro atoms. The van der Waals surface area contributed by atoms with Crippen LogP contribution in [0, 0.1) is 5.92 Å². The molecule has 1 aliphatic rings. The summed E-state index contributed by atoms with van der Waals surface area (Å²) in [5.41, 5.74) is 1.24. The van der Waals surface area contributed by atoms with E-state index in [1.165, 1.54) is 12.1 Å². The third kappa shape index (κ3) is 3.63. The summed E-state index contributed by atoms with van der Waals surface area (Å²) in [6, 6.07) is 6.90. The van der Waals surface area contributed by atoms with Crippen LogP contribution in [0.4, 0.5) is 5.69 Å². The zero-order valence-corrected chi connectivity index (χ0v) is 13.5. The fourth-order valence-electron chi connectivity index (χ4n) is 2.48. The number of nitrogens with one attached hydrogen (secondary N) is 1. The lowest BCUT2D eigenvalue weighted by atomic mass is 10.0. The highest BCUT2D eigenvalue weighted by Crippen LogP contribution is 2.30. The molecule has 4 heteroatoms. The number of methoxy groups -OCH3 is 1. The molecule has 19 heavy (non-hydrogen) atoms. The van der Waals surface area contributed by atoms with Gasteiger partial charge in [-0.2, -0.15) is 0 Å². The Morgan fingerprint density at radius 3 is 2.89 bits per heavy atom. The van der Waals surface area contributed by atoms with Gasteiger partial charge in [-0.1, -0.05) is 13.8 Å². The highest BCUT2D eigenvalue weighted by atomic mass is 79.9. The van der Waals surface area contributed by atoms with E-state index >= 15 is 0 Å². The van der Waals surface area contributed by atoms with Crippen molar-refractivity contribution in [3.63, 3.8) is 0 Å². The van der Waals surface area contributed by atoms with Crippen LogP contribution in [0.15, 0.2) is 22.7 Å². The first-order valence-electron chi connectivity index (χ1n) is 6.93. The molecule has 3 nitrogen and oxygen atoms in total. The Bertz CT molecular complexity index is 423. The lowest BCUT2D eigenvalue weighted by Crippen LogP contribution is -2.41. The van der Waals surface area contributed by atoms with Gasteiger partial charge in [0.25, 0.3) is 0 Å². The van der Waals surface area contributed by atoms with Crippen molar-refractivity contribution < 1.29 is 4.74 Å². The molecular weight excluding hydrogens is 304 g/mol.